The number of benzene rings is 1. The molecule has 2 aromatic heterocycles. The van der Waals surface area contributed by atoms with Gasteiger partial charge in [-0.3, -0.25) is 4.98 Å². The van der Waals surface area contributed by atoms with Crippen molar-refractivity contribution in [2.75, 3.05) is 0 Å². The normalized spacial score (nSPS) is 13.0. The monoisotopic (exact) mass is 266 g/mol. The summed E-state index contributed by atoms with van der Waals surface area (Å²) in [5.41, 5.74) is 9.55. The molecule has 1 atom stereocenters. The second-order valence-electron chi connectivity index (χ2n) is 5.18. The highest BCUT2D eigenvalue weighted by Crippen LogP contribution is 2.26. The van der Waals surface area contributed by atoms with E-state index in [2.05, 4.69) is 29.5 Å². The zero-order valence-corrected chi connectivity index (χ0v) is 11.7. The Hall–Kier alpha value is -2.20. The summed E-state index contributed by atoms with van der Waals surface area (Å²) in [6.07, 6.45) is 3.52. The molecule has 20 heavy (non-hydrogen) atoms. The number of nitrogens with two attached hydrogens (primary N) is 1. The summed E-state index contributed by atoms with van der Waals surface area (Å²) >= 11 is 0. The minimum atomic E-state index is -0.243. The highest BCUT2D eigenvalue weighted by Gasteiger charge is 2.19. The average molecular weight is 266 g/mol. The van der Waals surface area contributed by atoms with Crippen molar-refractivity contribution in [3.8, 4) is 0 Å². The number of imidazole rings is 1. The number of hydrogen-bond donors (Lipinski definition) is 1. The van der Waals surface area contributed by atoms with E-state index in [1.165, 1.54) is 0 Å². The summed E-state index contributed by atoms with van der Waals surface area (Å²) in [6, 6.07) is 12.1. The minimum Gasteiger partial charge on any atom is -0.324 e. The molecule has 0 spiro atoms. The van der Waals surface area contributed by atoms with Crippen molar-refractivity contribution in [3.63, 3.8) is 0 Å². The van der Waals surface area contributed by atoms with Crippen molar-refractivity contribution < 1.29 is 0 Å². The second kappa shape index (κ2) is 5.06. The van der Waals surface area contributed by atoms with Gasteiger partial charge in [-0.05, 0) is 43.7 Å². The molecule has 0 saturated heterocycles. The number of pyridine rings is 1. The quantitative estimate of drug-likeness (QED) is 0.792. The van der Waals surface area contributed by atoms with E-state index in [4.69, 9.17) is 10.7 Å². The fourth-order valence-corrected chi connectivity index (χ4v) is 2.55. The maximum Gasteiger partial charge on any atom is 0.131 e. The third-order valence-electron chi connectivity index (χ3n) is 3.48. The van der Waals surface area contributed by atoms with Crippen LogP contribution >= 0.6 is 0 Å². The Balaban J connectivity index is 2.18. The van der Waals surface area contributed by atoms with Gasteiger partial charge < -0.3 is 10.3 Å². The van der Waals surface area contributed by atoms with Crippen molar-refractivity contribution in [2.24, 2.45) is 5.73 Å². The van der Waals surface area contributed by atoms with Crippen LogP contribution in [0.1, 0.15) is 37.3 Å². The predicted octanol–water partition coefficient (Wildman–Crippen LogP) is 3.06. The topological polar surface area (TPSA) is 56.7 Å². The molecule has 3 aromatic rings. The predicted molar refractivity (Wildman–Crippen MR) is 80.4 cm³/mol. The van der Waals surface area contributed by atoms with E-state index >= 15 is 0 Å². The van der Waals surface area contributed by atoms with Crippen LogP contribution in [0.3, 0.4) is 0 Å². The smallest absolute Gasteiger partial charge is 0.131 e. The van der Waals surface area contributed by atoms with Gasteiger partial charge in [0.25, 0.3) is 0 Å². The molecule has 2 N–H and O–H groups in total. The zero-order valence-electron chi connectivity index (χ0n) is 11.7. The first-order valence-electron chi connectivity index (χ1n) is 6.81. The summed E-state index contributed by atoms with van der Waals surface area (Å²) in [5, 5.41) is 0. The molecule has 0 saturated carbocycles. The third-order valence-corrected chi connectivity index (χ3v) is 3.48. The lowest BCUT2D eigenvalue weighted by Crippen LogP contribution is -2.19. The summed E-state index contributed by atoms with van der Waals surface area (Å²) in [7, 11) is 0. The van der Waals surface area contributed by atoms with Gasteiger partial charge in [0.15, 0.2) is 0 Å². The van der Waals surface area contributed by atoms with E-state index in [9.17, 15) is 0 Å². The first kappa shape index (κ1) is 12.8. The van der Waals surface area contributed by atoms with Crippen LogP contribution in [0.5, 0.6) is 0 Å². The number of fused-ring (bicyclic) bond motifs is 1. The number of hydrogen-bond acceptors (Lipinski definition) is 3. The van der Waals surface area contributed by atoms with Gasteiger partial charge in [0, 0.05) is 18.4 Å². The van der Waals surface area contributed by atoms with E-state index in [1.807, 2.05) is 30.3 Å². The molecule has 0 amide bonds. The summed E-state index contributed by atoms with van der Waals surface area (Å²) in [4.78, 5) is 8.77. The maximum atomic E-state index is 6.41. The molecule has 0 aliphatic carbocycles. The molecule has 102 valence electrons. The number of para-hydroxylation sites is 2. The first-order valence-corrected chi connectivity index (χ1v) is 6.81. The molecule has 1 unspecified atom stereocenters. The summed E-state index contributed by atoms with van der Waals surface area (Å²) < 4.78 is 2.21. The van der Waals surface area contributed by atoms with Gasteiger partial charge >= 0.3 is 0 Å². The largest absolute Gasteiger partial charge is 0.324 e. The molecule has 3 rings (SSSR count). The molecule has 4 nitrogen and oxygen atoms in total. The van der Waals surface area contributed by atoms with E-state index < -0.39 is 0 Å². The van der Waals surface area contributed by atoms with Gasteiger partial charge in [0.2, 0.25) is 0 Å². The van der Waals surface area contributed by atoms with E-state index in [-0.39, 0.29) is 6.04 Å². The molecule has 0 radical (unpaired) electrons. The van der Waals surface area contributed by atoms with Crippen molar-refractivity contribution in [2.45, 2.75) is 25.9 Å². The highest BCUT2D eigenvalue weighted by molar-refractivity contribution is 5.76. The van der Waals surface area contributed by atoms with E-state index in [0.717, 1.165) is 22.4 Å². The lowest BCUT2D eigenvalue weighted by Gasteiger charge is -2.17. The average Bonchev–Trinajstić information content (AvgIpc) is 2.86. The van der Waals surface area contributed by atoms with Gasteiger partial charge in [-0.1, -0.05) is 12.1 Å². The fraction of sp³-hybridized carbons (Fsp3) is 0.250. The third kappa shape index (κ3) is 2.08. The van der Waals surface area contributed by atoms with Crippen molar-refractivity contribution in [3.05, 3.63) is 60.2 Å². The summed E-state index contributed by atoms with van der Waals surface area (Å²) in [5.74, 6) is 0.896. The lowest BCUT2D eigenvalue weighted by molar-refractivity contribution is 0.567. The Labute approximate surface area is 118 Å². The van der Waals surface area contributed by atoms with Crippen LogP contribution in [0.25, 0.3) is 11.0 Å². The van der Waals surface area contributed by atoms with Crippen LogP contribution in [-0.2, 0) is 0 Å². The van der Waals surface area contributed by atoms with Crippen LogP contribution in [0.2, 0.25) is 0 Å². The van der Waals surface area contributed by atoms with Gasteiger partial charge in [0.05, 0.1) is 17.1 Å². The van der Waals surface area contributed by atoms with E-state index in [1.54, 1.807) is 12.4 Å². The number of nitrogens with zero attached hydrogens (tertiary/aromatic N) is 3. The van der Waals surface area contributed by atoms with Crippen LogP contribution in [-0.4, -0.2) is 14.5 Å². The molecule has 1 aromatic carbocycles. The SMILES string of the molecule is CC(C)n1c(C(N)c2ccncc2)nc2ccccc21. The molecular formula is C16H18N4. The van der Waals surface area contributed by atoms with Crippen molar-refractivity contribution >= 4 is 11.0 Å². The van der Waals surface area contributed by atoms with Crippen LogP contribution in [0, 0.1) is 0 Å². The molecule has 0 bridgehead atoms. The van der Waals surface area contributed by atoms with Gasteiger partial charge in [-0.15, -0.1) is 0 Å². The first-order chi connectivity index (χ1) is 9.68. The number of rotatable bonds is 3. The molecule has 4 heteroatoms. The van der Waals surface area contributed by atoms with Gasteiger partial charge in [0.1, 0.15) is 5.82 Å². The molecule has 0 fully saturated rings. The molecule has 2 heterocycles. The van der Waals surface area contributed by atoms with Gasteiger partial charge in [-0.2, -0.15) is 0 Å². The Bertz CT molecular complexity index is 716. The maximum absolute atomic E-state index is 6.41. The molecule has 0 aliphatic rings. The Morgan fingerprint density at radius 3 is 2.45 bits per heavy atom. The molecule has 0 aliphatic heterocycles. The second-order valence-corrected chi connectivity index (χ2v) is 5.18. The molecular weight excluding hydrogens is 248 g/mol. The van der Waals surface area contributed by atoms with Gasteiger partial charge in [-0.25, -0.2) is 4.98 Å². The van der Waals surface area contributed by atoms with Crippen molar-refractivity contribution in [1.29, 1.82) is 0 Å². The Kier molecular flexibility index (Phi) is 3.24. The zero-order chi connectivity index (χ0) is 14.1. The highest BCUT2D eigenvalue weighted by atomic mass is 15.1. The van der Waals surface area contributed by atoms with Crippen LogP contribution in [0.4, 0.5) is 0 Å². The fourth-order valence-electron chi connectivity index (χ4n) is 2.55. The van der Waals surface area contributed by atoms with Crippen LogP contribution in [0.15, 0.2) is 48.8 Å². The standard InChI is InChI=1S/C16H18N4/c1-11(2)20-14-6-4-3-5-13(14)19-16(20)15(17)12-7-9-18-10-8-12/h3-11,15H,17H2,1-2H3. The minimum absolute atomic E-state index is 0.243. The Morgan fingerprint density at radius 1 is 1.05 bits per heavy atom. The number of aromatic nitrogens is 3. The van der Waals surface area contributed by atoms with Crippen LogP contribution < -0.4 is 5.73 Å². The van der Waals surface area contributed by atoms with E-state index in [0.29, 0.717) is 6.04 Å². The Morgan fingerprint density at radius 2 is 1.75 bits per heavy atom. The summed E-state index contributed by atoms with van der Waals surface area (Å²) in [6.45, 7) is 4.30. The van der Waals surface area contributed by atoms with Crippen molar-refractivity contribution in [1.82, 2.24) is 14.5 Å². The lowest BCUT2D eigenvalue weighted by atomic mass is 10.1.